The van der Waals surface area contributed by atoms with Crippen molar-refractivity contribution < 1.29 is 23.8 Å². The highest BCUT2D eigenvalue weighted by Gasteiger charge is 2.44. The van der Waals surface area contributed by atoms with Gasteiger partial charge in [0.2, 0.25) is 0 Å². The number of carbonyl (C=O) groups is 2. The largest absolute Gasteiger partial charge is 0.481 e. The highest BCUT2D eigenvalue weighted by atomic mass is 79.9. The molecule has 29 heavy (non-hydrogen) atoms. The van der Waals surface area contributed by atoms with Crippen LogP contribution in [0, 0.1) is 11.7 Å². The summed E-state index contributed by atoms with van der Waals surface area (Å²) < 4.78 is 19.1. The normalized spacial score (nSPS) is 21.1. The number of aliphatic imine (C=N–C) groups is 1. The Hall–Kier alpha value is -2.59. The number of aromatic nitrogens is 1. The number of fused-ring (bicyclic) bond motifs is 1. The molecule has 1 fully saturated rings. The topological polar surface area (TPSA) is 92.1 Å². The lowest BCUT2D eigenvalue weighted by Gasteiger charge is -2.31. The van der Waals surface area contributed by atoms with Gasteiger partial charge in [0.15, 0.2) is 10.8 Å². The number of halogens is 2. The summed E-state index contributed by atoms with van der Waals surface area (Å²) in [4.78, 5) is 35.2. The summed E-state index contributed by atoms with van der Waals surface area (Å²) in [5, 5.41) is 12.0. The summed E-state index contributed by atoms with van der Waals surface area (Å²) in [5.41, 5.74) is 1.38. The van der Waals surface area contributed by atoms with Gasteiger partial charge in [0.1, 0.15) is 11.9 Å². The van der Waals surface area contributed by atoms with Crippen LogP contribution in [-0.4, -0.2) is 46.4 Å². The van der Waals surface area contributed by atoms with Crippen molar-refractivity contribution in [1.29, 1.82) is 0 Å². The monoisotopic (exact) mass is 479 g/mol. The quantitative estimate of drug-likeness (QED) is 0.675. The summed E-state index contributed by atoms with van der Waals surface area (Å²) >= 11 is 4.72. The van der Waals surface area contributed by atoms with Gasteiger partial charge in [-0.3, -0.25) is 9.79 Å². The van der Waals surface area contributed by atoms with E-state index < -0.39 is 29.7 Å². The summed E-state index contributed by atoms with van der Waals surface area (Å²) in [6, 6.07) is 3.36. The van der Waals surface area contributed by atoms with Gasteiger partial charge in [0, 0.05) is 34.7 Å². The van der Waals surface area contributed by atoms with Crippen molar-refractivity contribution in [3.8, 4) is 0 Å². The van der Waals surface area contributed by atoms with E-state index in [-0.39, 0.29) is 18.5 Å². The van der Waals surface area contributed by atoms with E-state index >= 15 is 0 Å². The van der Waals surface area contributed by atoms with Gasteiger partial charge in [-0.25, -0.2) is 14.2 Å². The van der Waals surface area contributed by atoms with E-state index in [1.54, 1.807) is 22.5 Å². The number of hydrogen-bond donors (Lipinski definition) is 1. The molecule has 10 heteroatoms. The van der Waals surface area contributed by atoms with E-state index in [9.17, 15) is 19.1 Å². The standard InChI is InChI=1S/C19H15BrFN3O4S/c1-28-19(27)14-13-6-9(18(25)26)8-24(13)16(17-22-4-5-29-17)23-15(14)11-3-2-10(21)7-12(11)20/h2-5,7,9,15H,6,8H2,1H3,(H,25,26)/t9-,15?/m1/s1. The third-order valence-corrected chi connectivity index (χ3v) is 6.35. The van der Waals surface area contributed by atoms with Crippen molar-refractivity contribution in [2.45, 2.75) is 12.5 Å². The van der Waals surface area contributed by atoms with Crippen molar-refractivity contribution in [2.24, 2.45) is 10.9 Å². The SMILES string of the molecule is COC(=O)C1=C2C[C@@H](C(=O)O)CN2C(c2nccs2)=NC1c1ccc(F)cc1Br. The molecule has 4 rings (SSSR count). The Kier molecular flexibility index (Phi) is 5.22. The number of thiazole rings is 1. The maximum Gasteiger partial charge on any atom is 0.338 e. The van der Waals surface area contributed by atoms with Crippen molar-refractivity contribution >= 4 is 45.0 Å². The number of carboxylic acid groups (broad SMARTS) is 1. The lowest BCUT2D eigenvalue weighted by atomic mass is 9.94. The highest BCUT2D eigenvalue weighted by molar-refractivity contribution is 9.10. The van der Waals surface area contributed by atoms with Crippen LogP contribution >= 0.6 is 27.3 Å². The maximum absolute atomic E-state index is 13.6. The van der Waals surface area contributed by atoms with Gasteiger partial charge in [-0.2, -0.15) is 0 Å². The van der Waals surface area contributed by atoms with Crippen LogP contribution < -0.4 is 0 Å². The van der Waals surface area contributed by atoms with E-state index in [2.05, 4.69) is 20.9 Å². The van der Waals surface area contributed by atoms with Gasteiger partial charge in [-0.05, 0) is 17.7 Å². The average molecular weight is 480 g/mol. The van der Waals surface area contributed by atoms with Crippen LogP contribution in [0.2, 0.25) is 0 Å². The number of hydrogen-bond acceptors (Lipinski definition) is 7. The third-order valence-electron chi connectivity index (χ3n) is 4.90. The van der Waals surface area contributed by atoms with Crippen molar-refractivity contribution in [3.05, 3.63) is 61.9 Å². The zero-order chi connectivity index (χ0) is 20.7. The van der Waals surface area contributed by atoms with Crippen LogP contribution in [0.25, 0.3) is 0 Å². The molecule has 1 aromatic heterocycles. The van der Waals surface area contributed by atoms with E-state index in [4.69, 9.17) is 9.73 Å². The van der Waals surface area contributed by atoms with Crippen LogP contribution in [-0.2, 0) is 14.3 Å². The fraction of sp³-hybridized carbons (Fsp3) is 0.263. The number of carbonyl (C=O) groups excluding carboxylic acids is 1. The molecule has 2 aliphatic heterocycles. The number of rotatable bonds is 4. The molecule has 1 aromatic carbocycles. The second-order valence-electron chi connectivity index (χ2n) is 6.56. The molecule has 2 atom stereocenters. The summed E-state index contributed by atoms with van der Waals surface area (Å²) in [6.07, 6.45) is 1.80. The fourth-order valence-corrected chi connectivity index (χ4v) is 4.79. The Labute approximate surface area is 177 Å². The molecule has 1 saturated heterocycles. The second kappa shape index (κ2) is 7.68. The molecule has 3 heterocycles. The molecule has 7 nitrogen and oxygen atoms in total. The van der Waals surface area contributed by atoms with Crippen molar-refractivity contribution in [3.63, 3.8) is 0 Å². The number of esters is 1. The van der Waals surface area contributed by atoms with Crippen molar-refractivity contribution in [1.82, 2.24) is 9.88 Å². The van der Waals surface area contributed by atoms with Crippen LogP contribution in [0.15, 0.2) is 50.5 Å². The van der Waals surface area contributed by atoms with Gasteiger partial charge in [-0.15, -0.1) is 11.3 Å². The van der Waals surface area contributed by atoms with Crippen LogP contribution in [0.3, 0.4) is 0 Å². The number of methoxy groups -OCH3 is 1. The minimum absolute atomic E-state index is 0.166. The highest BCUT2D eigenvalue weighted by Crippen LogP contribution is 2.43. The van der Waals surface area contributed by atoms with Gasteiger partial charge in [0.25, 0.3) is 0 Å². The first-order valence-corrected chi connectivity index (χ1v) is 10.3. The Morgan fingerprint density at radius 2 is 2.21 bits per heavy atom. The number of benzene rings is 1. The summed E-state index contributed by atoms with van der Waals surface area (Å²) in [6.45, 7) is 0.181. The van der Waals surface area contributed by atoms with Crippen LogP contribution in [0.1, 0.15) is 23.0 Å². The van der Waals surface area contributed by atoms with E-state index in [0.29, 0.717) is 26.6 Å². The molecule has 150 valence electrons. The van der Waals surface area contributed by atoms with E-state index in [1.165, 1.54) is 30.6 Å². The molecule has 0 spiro atoms. The number of allylic oxidation sites excluding steroid dienone is 1. The number of ether oxygens (including phenoxy) is 1. The second-order valence-corrected chi connectivity index (χ2v) is 8.31. The minimum atomic E-state index is -0.950. The zero-order valence-corrected chi connectivity index (χ0v) is 17.5. The third kappa shape index (κ3) is 3.46. The molecule has 1 unspecified atom stereocenters. The van der Waals surface area contributed by atoms with Crippen LogP contribution in [0.5, 0.6) is 0 Å². The number of carboxylic acids is 1. The molecule has 0 radical (unpaired) electrons. The van der Waals surface area contributed by atoms with Gasteiger partial charge >= 0.3 is 11.9 Å². The first kappa shape index (κ1) is 19.7. The predicted molar refractivity (Wildman–Crippen MR) is 107 cm³/mol. The Morgan fingerprint density at radius 3 is 2.83 bits per heavy atom. The molecular formula is C19H15BrFN3O4S. The Morgan fingerprint density at radius 1 is 1.41 bits per heavy atom. The molecule has 2 aromatic rings. The molecule has 1 N–H and O–H groups in total. The lowest BCUT2D eigenvalue weighted by Crippen LogP contribution is -2.35. The number of aliphatic carboxylic acids is 1. The van der Waals surface area contributed by atoms with Gasteiger partial charge < -0.3 is 14.7 Å². The van der Waals surface area contributed by atoms with Crippen molar-refractivity contribution in [2.75, 3.05) is 13.7 Å². The molecular weight excluding hydrogens is 465 g/mol. The molecule has 0 aliphatic carbocycles. The summed E-state index contributed by atoms with van der Waals surface area (Å²) in [5.74, 6) is -2.17. The molecule has 0 saturated carbocycles. The first-order chi connectivity index (χ1) is 13.9. The number of amidine groups is 1. The fourth-order valence-electron chi connectivity index (χ4n) is 3.58. The molecule has 2 aliphatic rings. The smallest absolute Gasteiger partial charge is 0.338 e. The predicted octanol–water partition coefficient (Wildman–Crippen LogP) is 3.38. The minimum Gasteiger partial charge on any atom is -0.481 e. The first-order valence-electron chi connectivity index (χ1n) is 8.65. The van der Waals surface area contributed by atoms with E-state index in [0.717, 1.165) is 0 Å². The number of nitrogens with zero attached hydrogens (tertiary/aromatic N) is 3. The Balaban J connectivity index is 1.93. The van der Waals surface area contributed by atoms with E-state index in [1.807, 2.05) is 0 Å². The lowest BCUT2D eigenvalue weighted by molar-refractivity contribution is -0.141. The molecule has 0 bridgehead atoms. The maximum atomic E-state index is 13.6. The van der Waals surface area contributed by atoms with Gasteiger partial charge in [-0.1, -0.05) is 22.0 Å². The van der Waals surface area contributed by atoms with Crippen LogP contribution in [0.4, 0.5) is 4.39 Å². The Bertz CT molecular complexity index is 1050. The summed E-state index contributed by atoms with van der Waals surface area (Å²) in [7, 11) is 1.26. The zero-order valence-electron chi connectivity index (χ0n) is 15.1. The molecule has 0 amide bonds. The average Bonchev–Trinajstić information content (AvgIpc) is 3.36. The van der Waals surface area contributed by atoms with Gasteiger partial charge in [0.05, 0.1) is 18.6 Å².